The molecule has 1 aliphatic rings. The number of aliphatic hydroxyl groups excluding tert-OH is 1. The van der Waals surface area contributed by atoms with Gasteiger partial charge in [0.25, 0.3) is 11.8 Å². The minimum Gasteiger partial charge on any atom is -0.469 e. The van der Waals surface area contributed by atoms with Gasteiger partial charge in [-0.1, -0.05) is 81.3 Å². The van der Waals surface area contributed by atoms with Gasteiger partial charge in [-0.3, -0.25) is 19.2 Å². The monoisotopic (exact) mass is 707 g/mol. The molecule has 0 bridgehead atoms. The Bertz CT molecular complexity index is 1860. The number of esters is 1. The van der Waals surface area contributed by atoms with Crippen molar-refractivity contribution in [3.8, 4) is 5.69 Å². The first-order valence-electron chi connectivity index (χ1n) is 18.1. The van der Waals surface area contributed by atoms with Crippen LogP contribution in [0.25, 0.3) is 5.69 Å². The van der Waals surface area contributed by atoms with Crippen LogP contribution in [0, 0.1) is 6.92 Å². The van der Waals surface area contributed by atoms with Crippen LogP contribution in [-0.4, -0.2) is 81.2 Å². The van der Waals surface area contributed by atoms with Crippen LogP contribution in [0.3, 0.4) is 0 Å². The van der Waals surface area contributed by atoms with Crippen molar-refractivity contribution >= 4 is 29.4 Å². The van der Waals surface area contributed by atoms with Crippen LogP contribution < -0.4 is 5.32 Å². The standard InChI is InChI=1S/C41H49N5O6/c1-5-7-20-44(21-8-6-2)41(51)36-22-28(3)46(43-36)37-19-18-32(42-39(49)34(25-38(48)52-4)29-14-10-9-11-15-29)24-35(37)40(50)45-26-31-17-13-12-16-30(31)23-33(45)27-47/h9-19,22,24,33-34,47H,5-8,20-21,23,25-27H2,1-4H3,(H,42,49)/t33-,34?/m0/s1. The smallest absolute Gasteiger partial charge is 0.306 e. The van der Waals surface area contributed by atoms with Crippen LogP contribution in [0.1, 0.15) is 95.1 Å². The number of fused-ring (bicyclic) bond motifs is 1. The lowest BCUT2D eigenvalue weighted by atomic mass is 9.93. The van der Waals surface area contributed by atoms with E-state index in [1.165, 1.54) is 7.11 Å². The summed E-state index contributed by atoms with van der Waals surface area (Å²) in [5.74, 6) is -2.33. The van der Waals surface area contributed by atoms with E-state index >= 15 is 0 Å². The summed E-state index contributed by atoms with van der Waals surface area (Å²) in [6, 6.07) is 23.1. The van der Waals surface area contributed by atoms with Gasteiger partial charge >= 0.3 is 5.97 Å². The number of hydrogen-bond donors (Lipinski definition) is 2. The fourth-order valence-electron chi connectivity index (χ4n) is 6.64. The Kier molecular flexibility index (Phi) is 13.0. The van der Waals surface area contributed by atoms with Gasteiger partial charge in [0.15, 0.2) is 5.69 Å². The predicted molar refractivity (Wildman–Crippen MR) is 199 cm³/mol. The number of anilines is 1. The molecule has 4 aromatic rings. The van der Waals surface area contributed by atoms with Crippen LogP contribution >= 0.6 is 0 Å². The van der Waals surface area contributed by atoms with E-state index in [-0.39, 0.29) is 42.6 Å². The Hall–Kier alpha value is -5.29. The van der Waals surface area contributed by atoms with Crippen LogP contribution in [0.5, 0.6) is 0 Å². The number of rotatable bonds is 15. The molecule has 11 nitrogen and oxygen atoms in total. The van der Waals surface area contributed by atoms with Gasteiger partial charge in [0.05, 0.1) is 43.3 Å². The SMILES string of the molecule is CCCCN(CCCC)C(=O)c1cc(C)n(-c2ccc(NC(=O)C(CC(=O)OC)c3ccccc3)cc2C(=O)N2Cc3ccccc3C[C@H]2CO)n1. The van der Waals surface area contributed by atoms with Gasteiger partial charge < -0.3 is 25.0 Å². The quantitative estimate of drug-likeness (QED) is 0.143. The number of amides is 3. The predicted octanol–water partition coefficient (Wildman–Crippen LogP) is 6.07. The topological polar surface area (TPSA) is 134 Å². The highest BCUT2D eigenvalue weighted by atomic mass is 16.5. The molecule has 0 saturated heterocycles. The zero-order chi connectivity index (χ0) is 37.2. The van der Waals surface area contributed by atoms with Gasteiger partial charge in [0, 0.05) is 31.0 Å². The molecule has 5 rings (SSSR count). The Morgan fingerprint density at radius 3 is 2.27 bits per heavy atom. The molecule has 0 aliphatic carbocycles. The molecule has 0 radical (unpaired) electrons. The second-order valence-electron chi connectivity index (χ2n) is 13.3. The van der Waals surface area contributed by atoms with Crippen LogP contribution in [0.2, 0.25) is 0 Å². The molecular formula is C41H49N5O6. The zero-order valence-electron chi connectivity index (χ0n) is 30.5. The molecular weight excluding hydrogens is 658 g/mol. The Labute approximate surface area is 305 Å². The average Bonchev–Trinajstić information content (AvgIpc) is 3.56. The van der Waals surface area contributed by atoms with Crippen molar-refractivity contribution in [3.63, 3.8) is 0 Å². The maximum atomic E-state index is 14.7. The van der Waals surface area contributed by atoms with E-state index in [0.29, 0.717) is 42.1 Å². The average molecular weight is 708 g/mol. The Morgan fingerprint density at radius 2 is 1.62 bits per heavy atom. The fourth-order valence-corrected chi connectivity index (χ4v) is 6.64. The highest BCUT2D eigenvalue weighted by Gasteiger charge is 2.33. The van der Waals surface area contributed by atoms with Gasteiger partial charge in [-0.2, -0.15) is 5.10 Å². The van der Waals surface area contributed by atoms with Crippen LogP contribution in [0.4, 0.5) is 5.69 Å². The maximum absolute atomic E-state index is 14.7. The summed E-state index contributed by atoms with van der Waals surface area (Å²) in [5, 5.41) is 18.1. The van der Waals surface area contributed by atoms with Crippen molar-refractivity contribution in [2.45, 2.75) is 77.8 Å². The van der Waals surface area contributed by atoms with E-state index in [4.69, 9.17) is 9.84 Å². The number of nitrogens with one attached hydrogen (secondary N) is 1. The van der Waals surface area contributed by atoms with E-state index in [9.17, 15) is 24.3 Å². The second-order valence-corrected chi connectivity index (χ2v) is 13.3. The number of methoxy groups -OCH3 is 1. The minimum atomic E-state index is -0.838. The van der Waals surface area contributed by atoms with Crippen molar-refractivity contribution in [2.75, 3.05) is 32.1 Å². The summed E-state index contributed by atoms with van der Waals surface area (Å²) in [6.45, 7) is 7.35. The van der Waals surface area contributed by atoms with Crippen LogP contribution in [-0.2, 0) is 27.3 Å². The van der Waals surface area contributed by atoms with Crippen LogP contribution in [0.15, 0.2) is 78.9 Å². The van der Waals surface area contributed by atoms with E-state index in [2.05, 4.69) is 19.2 Å². The summed E-state index contributed by atoms with van der Waals surface area (Å²) >= 11 is 0. The largest absolute Gasteiger partial charge is 0.469 e. The highest BCUT2D eigenvalue weighted by molar-refractivity contribution is 6.02. The van der Waals surface area contributed by atoms with Gasteiger partial charge in [0.1, 0.15) is 0 Å². The lowest BCUT2D eigenvalue weighted by Crippen LogP contribution is -2.46. The number of ether oxygens (including phenoxy) is 1. The van der Waals surface area contributed by atoms with Crippen molar-refractivity contribution in [2.24, 2.45) is 0 Å². The molecule has 3 amide bonds. The Balaban J connectivity index is 1.55. The summed E-state index contributed by atoms with van der Waals surface area (Å²) in [7, 11) is 1.28. The molecule has 2 atom stereocenters. The summed E-state index contributed by atoms with van der Waals surface area (Å²) in [4.78, 5) is 58.0. The normalized spacial score (nSPS) is 14.3. The number of carbonyl (C=O) groups is 4. The lowest BCUT2D eigenvalue weighted by molar-refractivity contribution is -0.142. The molecule has 274 valence electrons. The summed E-state index contributed by atoms with van der Waals surface area (Å²) in [5.41, 5.74) is 4.66. The number of aromatic nitrogens is 2. The summed E-state index contributed by atoms with van der Waals surface area (Å²) < 4.78 is 6.48. The number of aryl methyl sites for hydroxylation is 1. The van der Waals surface area contributed by atoms with E-state index < -0.39 is 23.8 Å². The van der Waals surface area contributed by atoms with Gasteiger partial charge in [-0.25, -0.2) is 4.68 Å². The zero-order valence-corrected chi connectivity index (χ0v) is 30.5. The third kappa shape index (κ3) is 8.77. The van der Waals surface area contributed by atoms with Crippen molar-refractivity contribution < 1.29 is 29.0 Å². The number of carbonyl (C=O) groups excluding carboxylic acids is 4. The molecule has 11 heteroatoms. The third-order valence-corrected chi connectivity index (χ3v) is 9.62. The molecule has 2 heterocycles. The van der Waals surface area contributed by atoms with E-state index in [1.807, 2.05) is 42.2 Å². The maximum Gasteiger partial charge on any atom is 0.306 e. The molecule has 2 N–H and O–H groups in total. The molecule has 52 heavy (non-hydrogen) atoms. The molecule has 3 aromatic carbocycles. The first-order valence-corrected chi connectivity index (χ1v) is 18.1. The highest BCUT2D eigenvalue weighted by Crippen LogP contribution is 2.30. The second kappa shape index (κ2) is 17.8. The lowest BCUT2D eigenvalue weighted by Gasteiger charge is -2.36. The third-order valence-electron chi connectivity index (χ3n) is 9.62. The van der Waals surface area contributed by atoms with Crippen molar-refractivity contribution in [1.29, 1.82) is 0 Å². The number of nitrogens with zero attached hydrogens (tertiary/aromatic N) is 4. The minimum absolute atomic E-state index is 0.161. The molecule has 0 saturated carbocycles. The van der Waals surface area contributed by atoms with Crippen molar-refractivity contribution in [3.05, 3.63) is 113 Å². The number of unbranched alkanes of at least 4 members (excludes halogenated alkanes) is 2. The molecule has 0 fully saturated rings. The molecule has 0 spiro atoms. The van der Waals surface area contributed by atoms with E-state index in [1.54, 1.807) is 58.1 Å². The molecule has 1 aliphatic heterocycles. The van der Waals surface area contributed by atoms with E-state index in [0.717, 1.165) is 36.8 Å². The Morgan fingerprint density at radius 1 is 0.942 bits per heavy atom. The van der Waals surface area contributed by atoms with Gasteiger partial charge in [-0.15, -0.1) is 0 Å². The fraction of sp³-hybridized carbons (Fsp3) is 0.390. The molecule has 1 unspecified atom stereocenters. The number of hydrogen-bond acceptors (Lipinski definition) is 7. The number of aliphatic hydroxyl groups is 1. The summed E-state index contributed by atoms with van der Waals surface area (Å²) in [6.07, 6.45) is 4.01. The van der Waals surface area contributed by atoms with Gasteiger partial charge in [0.2, 0.25) is 5.91 Å². The van der Waals surface area contributed by atoms with Crippen molar-refractivity contribution in [1.82, 2.24) is 19.6 Å². The van der Waals surface area contributed by atoms with Gasteiger partial charge in [-0.05, 0) is 67.1 Å². The molecule has 1 aromatic heterocycles. The first-order chi connectivity index (χ1) is 25.2. The number of benzene rings is 3. The first kappa shape index (κ1) is 38.0.